The molecular weight excluding hydrogens is 184 g/mol. The van der Waals surface area contributed by atoms with Gasteiger partial charge in [-0.1, -0.05) is 19.8 Å². The molecule has 0 aliphatic heterocycles. The van der Waals surface area contributed by atoms with Gasteiger partial charge in [0.2, 0.25) is 0 Å². The van der Waals surface area contributed by atoms with Crippen LogP contribution < -0.4 is 5.32 Å². The van der Waals surface area contributed by atoms with Crippen LogP contribution in [-0.2, 0) is 0 Å². The zero-order chi connectivity index (χ0) is 11.1. The van der Waals surface area contributed by atoms with Gasteiger partial charge in [-0.25, -0.2) is 0 Å². The van der Waals surface area contributed by atoms with E-state index >= 15 is 0 Å². The highest BCUT2D eigenvalue weighted by Crippen LogP contribution is 2.27. The summed E-state index contributed by atoms with van der Waals surface area (Å²) in [5.74, 6) is 0.910. The Bertz CT molecular complexity index is 159. The van der Waals surface area contributed by atoms with Crippen molar-refractivity contribution in [3.8, 4) is 0 Å². The van der Waals surface area contributed by atoms with Crippen molar-refractivity contribution in [2.45, 2.75) is 51.5 Å². The van der Waals surface area contributed by atoms with Crippen LogP contribution in [0.5, 0.6) is 0 Å². The Morgan fingerprint density at radius 1 is 1.20 bits per heavy atom. The Labute approximate surface area is 95.4 Å². The number of nitrogens with zero attached hydrogens (tertiary/aromatic N) is 1. The van der Waals surface area contributed by atoms with Crippen LogP contribution in [-0.4, -0.2) is 38.1 Å². The van der Waals surface area contributed by atoms with Gasteiger partial charge in [0, 0.05) is 6.04 Å². The van der Waals surface area contributed by atoms with Crippen LogP contribution in [0.4, 0.5) is 0 Å². The summed E-state index contributed by atoms with van der Waals surface area (Å²) in [5.41, 5.74) is 0. The smallest absolute Gasteiger partial charge is 0.0118 e. The minimum absolute atomic E-state index is 0.855. The van der Waals surface area contributed by atoms with Crippen molar-refractivity contribution in [3.05, 3.63) is 0 Å². The Balaban J connectivity index is 2.16. The van der Waals surface area contributed by atoms with E-state index in [1.807, 2.05) is 7.05 Å². The molecule has 2 atom stereocenters. The van der Waals surface area contributed by atoms with Crippen LogP contribution >= 0.6 is 0 Å². The van der Waals surface area contributed by atoms with Gasteiger partial charge >= 0.3 is 0 Å². The van der Waals surface area contributed by atoms with E-state index in [0.717, 1.165) is 18.5 Å². The van der Waals surface area contributed by atoms with Crippen molar-refractivity contribution < 1.29 is 0 Å². The molecule has 0 spiro atoms. The van der Waals surface area contributed by atoms with Gasteiger partial charge in [0.25, 0.3) is 0 Å². The van der Waals surface area contributed by atoms with Crippen LogP contribution in [0, 0.1) is 5.92 Å². The minimum Gasteiger partial charge on any atom is -0.320 e. The largest absolute Gasteiger partial charge is 0.320 e. The van der Waals surface area contributed by atoms with Crippen LogP contribution in [0.2, 0.25) is 0 Å². The van der Waals surface area contributed by atoms with Crippen LogP contribution in [0.1, 0.15) is 45.4 Å². The molecular formula is C13H28N2. The van der Waals surface area contributed by atoms with Crippen LogP contribution in [0.3, 0.4) is 0 Å². The topological polar surface area (TPSA) is 15.3 Å². The molecule has 0 heterocycles. The van der Waals surface area contributed by atoms with Crippen LogP contribution in [0.15, 0.2) is 0 Å². The molecule has 0 aromatic rings. The summed E-state index contributed by atoms with van der Waals surface area (Å²) in [5, 5.41) is 3.21. The molecule has 0 aromatic heterocycles. The first-order valence-corrected chi connectivity index (χ1v) is 6.60. The van der Waals surface area contributed by atoms with Gasteiger partial charge in [-0.05, 0) is 58.8 Å². The molecule has 1 rings (SSSR count). The molecule has 2 heteroatoms. The fourth-order valence-corrected chi connectivity index (χ4v) is 2.78. The molecule has 0 amide bonds. The first-order chi connectivity index (χ1) is 7.25. The summed E-state index contributed by atoms with van der Waals surface area (Å²) in [6.45, 7) is 4.86. The van der Waals surface area contributed by atoms with Gasteiger partial charge in [-0.2, -0.15) is 0 Å². The minimum atomic E-state index is 0.855. The molecule has 15 heavy (non-hydrogen) atoms. The van der Waals surface area contributed by atoms with Gasteiger partial charge in [0.1, 0.15) is 0 Å². The molecule has 90 valence electrons. The number of nitrogens with one attached hydrogen (secondary N) is 1. The summed E-state index contributed by atoms with van der Waals surface area (Å²) >= 11 is 0. The maximum absolute atomic E-state index is 3.21. The van der Waals surface area contributed by atoms with Gasteiger partial charge in [0.05, 0.1) is 0 Å². The average molecular weight is 212 g/mol. The second-order valence-corrected chi connectivity index (χ2v) is 5.12. The highest BCUT2D eigenvalue weighted by atomic mass is 15.1. The lowest BCUT2D eigenvalue weighted by Gasteiger charge is -2.36. The SMILES string of the molecule is CNCCCCN(C)C1CCCCC1C. The van der Waals surface area contributed by atoms with Crippen molar-refractivity contribution in [2.24, 2.45) is 5.92 Å². The van der Waals surface area contributed by atoms with E-state index in [1.54, 1.807) is 0 Å². The highest BCUT2D eigenvalue weighted by Gasteiger charge is 2.24. The Hall–Kier alpha value is -0.0800. The third kappa shape index (κ3) is 4.52. The molecule has 2 unspecified atom stereocenters. The lowest BCUT2D eigenvalue weighted by Crippen LogP contribution is -2.39. The molecule has 0 saturated heterocycles. The monoisotopic (exact) mass is 212 g/mol. The van der Waals surface area contributed by atoms with E-state index in [0.29, 0.717) is 0 Å². The number of unbranched alkanes of at least 4 members (excludes halogenated alkanes) is 1. The molecule has 0 bridgehead atoms. The lowest BCUT2D eigenvalue weighted by molar-refractivity contribution is 0.138. The zero-order valence-corrected chi connectivity index (χ0v) is 10.8. The maximum Gasteiger partial charge on any atom is 0.0118 e. The summed E-state index contributed by atoms with van der Waals surface area (Å²) in [7, 11) is 4.35. The summed E-state index contributed by atoms with van der Waals surface area (Å²) in [4.78, 5) is 2.60. The summed E-state index contributed by atoms with van der Waals surface area (Å²) in [6, 6.07) is 0.855. The van der Waals surface area contributed by atoms with E-state index in [9.17, 15) is 0 Å². The van der Waals surface area contributed by atoms with E-state index in [4.69, 9.17) is 0 Å². The molecule has 2 nitrogen and oxygen atoms in total. The molecule has 0 aromatic carbocycles. The van der Waals surface area contributed by atoms with Gasteiger partial charge in [-0.15, -0.1) is 0 Å². The third-order valence-electron chi connectivity index (χ3n) is 3.82. The molecule has 1 saturated carbocycles. The Kier molecular flexibility index (Phi) is 6.26. The molecule has 1 fully saturated rings. The van der Waals surface area contributed by atoms with Crippen molar-refractivity contribution in [2.75, 3.05) is 27.2 Å². The van der Waals surface area contributed by atoms with E-state index in [-0.39, 0.29) is 0 Å². The van der Waals surface area contributed by atoms with Crippen molar-refractivity contribution in [3.63, 3.8) is 0 Å². The molecule has 0 radical (unpaired) electrons. The quantitative estimate of drug-likeness (QED) is 0.681. The second-order valence-electron chi connectivity index (χ2n) is 5.12. The first-order valence-electron chi connectivity index (χ1n) is 6.60. The third-order valence-corrected chi connectivity index (χ3v) is 3.82. The Morgan fingerprint density at radius 2 is 1.93 bits per heavy atom. The number of rotatable bonds is 6. The summed E-state index contributed by atoms with van der Waals surface area (Å²) < 4.78 is 0. The molecule has 1 aliphatic carbocycles. The lowest BCUT2D eigenvalue weighted by atomic mass is 9.85. The molecule has 1 N–H and O–H groups in total. The molecule has 1 aliphatic rings. The highest BCUT2D eigenvalue weighted by molar-refractivity contribution is 4.79. The average Bonchev–Trinajstić information content (AvgIpc) is 2.25. The fraction of sp³-hybridized carbons (Fsp3) is 1.00. The van der Waals surface area contributed by atoms with E-state index in [1.165, 1.54) is 45.1 Å². The van der Waals surface area contributed by atoms with Gasteiger partial charge < -0.3 is 10.2 Å². The summed E-state index contributed by atoms with van der Waals surface area (Å²) in [6.07, 6.45) is 8.39. The fourth-order valence-electron chi connectivity index (χ4n) is 2.78. The van der Waals surface area contributed by atoms with E-state index in [2.05, 4.69) is 24.2 Å². The number of hydrogen-bond acceptors (Lipinski definition) is 2. The number of hydrogen-bond donors (Lipinski definition) is 1. The van der Waals surface area contributed by atoms with Crippen molar-refractivity contribution in [1.29, 1.82) is 0 Å². The van der Waals surface area contributed by atoms with Crippen molar-refractivity contribution in [1.82, 2.24) is 10.2 Å². The second kappa shape index (κ2) is 7.24. The zero-order valence-electron chi connectivity index (χ0n) is 10.8. The Morgan fingerprint density at radius 3 is 2.60 bits per heavy atom. The van der Waals surface area contributed by atoms with E-state index < -0.39 is 0 Å². The maximum atomic E-state index is 3.21. The van der Waals surface area contributed by atoms with Gasteiger partial charge in [0.15, 0.2) is 0 Å². The predicted molar refractivity (Wildman–Crippen MR) is 67.2 cm³/mol. The predicted octanol–water partition coefficient (Wildman–Crippen LogP) is 2.50. The van der Waals surface area contributed by atoms with Gasteiger partial charge in [-0.3, -0.25) is 0 Å². The van der Waals surface area contributed by atoms with Crippen LogP contribution in [0.25, 0.3) is 0 Å². The standard InChI is InChI=1S/C13H28N2/c1-12-8-4-5-9-13(12)15(3)11-7-6-10-14-2/h12-14H,4-11H2,1-3H3. The van der Waals surface area contributed by atoms with Crippen molar-refractivity contribution >= 4 is 0 Å². The normalized spacial score (nSPS) is 27.2. The first kappa shape index (κ1) is 13.0.